The van der Waals surface area contributed by atoms with Crippen LogP contribution in [0.3, 0.4) is 0 Å². The summed E-state index contributed by atoms with van der Waals surface area (Å²) >= 11 is 7.00. The summed E-state index contributed by atoms with van der Waals surface area (Å²) in [6.45, 7) is 6.45. The van der Waals surface area contributed by atoms with Crippen molar-refractivity contribution in [2.24, 2.45) is 0 Å². The largest absolute Gasteiger partial charge is 0.270 e. The summed E-state index contributed by atoms with van der Waals surface area (Å²) in [5.41, 5.74) is 0.690. The van der Waals surface area contributed by atoms with E-state index in [4.69, 9.17) is 11.6 Å². The van der Waals surface area contributed by atoms with Gasteiger partial charge in [0.1, 0.15) is 4.34 Å². The predicted molar refractivity (Wildman–Crippen MR) is 68.9 cm³/mol. The first-order valence-electron chi connectivity index (χ1n) is 5.85. The van der Waals surface area contributed by atoms with Crippen molar-refractivity contribution in [1.29, 1.82) is 0 Å². The molecule has 0 aliphatic rings. The highest BCUT2D eigenvalue weighted by atomic mass is 35.5. The van der Waals surface area contributed by atoms with E-state index in [9.17, 15) is 4.39 Å². The smallest absolute Gasteiger partial charge is 0.212 e. The summed E-state index contributed by atoms with van der Waals surface area (Å²) in [6.07, 6.45) is 5.38. The van der Waals surface area contributed by atoms with E-state index in [1.165, 1.54) is 0 Å². The minimum atomic E-state index is -0.418. The molecule has 0 N–H and O–H groups in total. The number of hydrogen-bond acceptors (Lipinski definition) is 2. The van der Waals surface area contributed by atoms with Gasteiger partial charge in [-0.1, -0.05) is 63.0 Å². The van der Waals surface area contributed by atoms with E-state index in [1.54, 1.807) is 0 Å². The Labute approximate surface area is 106 Å². The lowest BCUT2D eigenvalue weighted by Gasteiger charge is -2.27. The van der Waals surface area contributed by atoms with Crippen molar-refractivity contribution in [3.8, 4) is 0 Å². The Balaban J connectivity index is 2.95. The molecule has 92 valence electrons. The lowest BCUT2D eigenvalue weighted by Crippen LogP contribution is -2.22. The summed E-state index contributed by atoms with van der Waals surface area (Å²) in [7, 11) is 0. The summed E-state index contributed by atoms with van der Waals surface area (Å²) < 4.78 is 13.6. The van der Waals surface area contributed by atoms with Crippen LogP contribution in [0.15, 0.2) is 0 Å². The molecule has 0 bridgehead atoms. The number of aromatic nitrogens is 1. The molecule has 1 nitrogen and oxygen atoms in total. The zero-order valence-corrected chi connectivity index (χ0v) is 11.7. The maximum Gasteiger partial charge on any atom is 0.270 e. The van der Waals surface area contributed by atoms with Gasteiger partial charge < -0.3 is 0 Å². The highest BCUT2D eigenvalue weighted by Gasteiger charge is 2.31. The van der Waals surface area contributed by atoms with Crippen molar-refractivity contribution in [1.82, 2.24) is 4.98 Å². The van der Waals surface area contributed by atoms with Crippen LogP contribution >= 0.6 is 22.9 Å². The number of hydrogen-bond donors (Lipinski definition) is 0. The molecular formula is C12H19ClFNS. The maximum atomic E-state index is 13.1. The van der Waals surface area contributed by atoms with Crippen LogP contribution in [0.5, 0.6) is 0 Å². The fourth-order valence-electron chi connectivity index (χ4n) is 2.13. The third-order valence-electron chi connectivity index (χ3n) is 3.02. The molecule has 1 rings (SSSR count). The van der Waals surface area contributed by atoms with Gasteiger partial charge >= 0.3 is 0 Å². The van der Waals surface area contributed by atoms with Gasteiger partial charge in [0.2, 0.25) is 0 Å². The van der Waals surface area contributed by atoms with Gasteiger partial charge in [0.25, 0.3) is 5.26 Å². The van der Waals surface area contributed by atoms with E-state index in [2.05, 4.69) is 25.8 Å². The van der Waals surface area contributed by atoms with Crippen molar-refractivity contribution in [2.75, 3.05) is 0 Å². The highest BCUT2D eigenvalue weighted by molar-refractivity contribution is 7.14. The third-order valence-corrected chi connectivity index (χ3v) is 4.06. The molecule has 1 aromatic heterocycles. The fourth-order valence-corrected chi connectivity index (χ4v) is 3.26. The number of thiazole rings is 1. The van der Waals surface area contributed by atoms with Crippen molar-refractivity contribution in [2.45, 2.75) is 58.3 Å². The van der Waals surface area contributed by atoms with E-state index in [0.717, 1.165) is 49.1 Å². The Kier molecular flexibility index (Phi) is 5.19. The zero-order chi connectivity index (χ0) is 12.2. The Bertz CT molecular complexity index is 340. The maximum absolute atomic E-state index is 13.1. The summed E-state index contributed by atoms with van der Waals surface area (Å²) in [4.78, 5) is 3.97. The van der Waals surface area contributed by atoms with Crippen LogP contribution in [-0.2, 0) is 5.41 Å². The van der Waals surface area contributed by atoms with Crippen LogP contribution in [-0.4, -0.2) is 4.98 Å². The van der Waals surface area contributed by atoms with Gasteiger partial charge in [-0.15, -0.1) is 0 Å². The second-order valence-corrected chi connectivity index (χ2v) is 6.05. The second kappa shape index (κ2) is 5.97. The molecule has 1 heterocycles. The van der Waals surface area contributed by atoms with Gasteiger partial charge in [-0.2, -0.15) is 4.39 Å². The van der Waals surface area contributed by atoms with Crippen molar-refractivity contribution in [3.63, 3.8) is 0 Å². The lowest BCUT2D eigenvalue weighted by atomic mass is 9.78. The summed E-state index contributed by atoms with van der Waals surface area (Å²) in [5.74, 6) is 0. The molecular weight excluding hydrogens is 245 g/mol. The molecule has 1 atom stereocenters. The Morgan fingerprint density at radius 2 is 2.00 bits per heavy atom. The summed E-state index contributed by atoms with van der Waals surface area (Å²) in [5, 5.41) is -0.418. The molecule has 1 aromatic rings. The molecule has 1 unspecified atom stereocenters. The Morgan fingerprint density at radius 3 is 2.44 bits per heavy atom. The van der Waals surface area contributed by atoms with Crippen LogP contribution < -0.4 is 0 Å². The quantitative estimate of drug-likeness (QED) is 0.689. The average Bonchev–Trinajstić information content (AvgIpc) is 2.56. The van der Waals surface area contributed by atoms with Crippen molar-refractivity contribution < 1.29 is 4.39 Å². The predicted octanol–water partition coefficient (Wildman–Crippen LogP) is 5.18. The van der Waals surface area contributed by atoms with Gasteiger partial charge in [0.05, 0.1) is 5.69 Å². The molecule has 0 saturated heterocycles. The van der Waals surface area contributed by atoms with Crippen LogP contribution in [0.1, 0.15) is 58.6 Å². The summed E-state index contributed by atoms with van der Waals surface area (Å²) in [6, 6.07) is 0. The van der Waals surface area contributed by atoms with E-state index < -0.39 is 5.26 Å². The van der Waals surface area contributed by atoms with Gasteiger partial charge in [0, 0.05) is 5.41 Å². The molecule has 0 fully saturated rings. The van der Waals surface area contributed by atoms with E-state index in [1.807, 2.05) is 0 Å². The molecule has 0 amide bonds. The van der Waals surface area contributed by atoms with Crippen molar-refractivity contribution >= 4 is 22.9 Å². The Hall–Kier alpha value is -0.150. The lowest BCUT2D eigenvalue weighted by molar-refractivity contribution is 0.371. The van der Waals surface area contributed by atoms with Crippen LogP contribution in [0.25, 0.3) is 0 Å². The normalized spacial score (nSPS) is 15.1. The number of rotatable bonds is 6. The van der Waals surface area contributed by atoms with Gasteiger partial charge in [-0.05, 0) is 12.8 Å². The van der Waals surface area contributed by atoms with E-state index in [0.29, 0.717) is 4.34 Å². The fraction of sp³-hybridized carbons (Fsp3) is 0.750. The number of halogens is 2. The van der Waals surface area contributed by atoms with Crippen LogP contribution in [0, 0.1) is 5.26 Å². The zero-order valence-electron chi connectivity index (χ0n) is 10.1. The number of unbranched alkanes of at least 4 members (excludes halogenated alkanes) is 1. The number of nitrogens with zero attached hydrogens (tertiary/aromatic N) is 1. The van der Waals surface area contributed by atoms with Gasteiger partial charge in [-0.3, -0.25) is 0 Å². The van der Waals surface area contributed by atoms with Crippen LogP contribution in [0.2, 0.25) is 4.34 Å². The molecule has 0 aliphatic carbocycles. The first-order chi connectivity index (χ1) is 7.53. The van der Waals surface area contributed by atoms with Crippen LogP contribution in [0.4, 0.5) is 4.39 Å². The minimum absolute atomic E-state index is 0.0668. The minimum Gasteiger partial charge on any atom is -0.212 e. The second-order valence-electron chi connectivity index (χ2n) is 4.50. The molecule has 0 radical (unpaired) electrons. The monoisotopic (exact) mass is 263 g/mol. The molecule has 0 aromatic carbocycles. The SMILES string of the molecule is CCCCC(C)(CCC)c1nc(F)sc1Cl. The molecule has 16 heavy (non-hydrogen) atoms. The average molecular weight is 264 g/mol. The molecule has 4 heteroatoms. The Morgan fingerprint density at radius 1 is 1.31 bits per heavy atom. The standard InChI is InChI=1S/C12H19ClFNS/c1-4-6-8-12(3,7-5-2)9-10(13)16-11(14)15-9/h4-8H2,1-3H3. The highest BCUT2D eigenvalue weighted by Crippen LogP contribution is 2.39. The third kappa shape index (κ3) is 3.17. The van der Waals surface area contributed by atoms with Gasteiger partial charge in [0.15, 0.2) is 0 Å². The van der Waals surface area contributed by atoms with E-state index in [-0.39, 0.29) is 5.41 Å². The van der Waals surface area contributed by atoms with E-state index >= 15 is 0 Å². The molecule has 0 spiro atoms. The van der Waals surface area contributed by atoms with Crippen molar-refractivity contribution in [3.05, 3.63) is 15.3 Å². The molecule has 0 saturated carbocycles. The van der Waals surface area contributed by atoms with Gasteiger partial charge in [-0.25, -0.2) is 4.98 Å². The first-order valence-corrected chi connectivity index (χ1v) is 7.05. The topological polar surface area (TPSA) is 12.9 Å². The first kappa shape index (κ1) is 13.9. The molecule has 0 aliphatic heterocycles.